The first-order chi connectivity index (χ1) is 11.7. The minimum absolute atomic E-state index is 0.322. The van der Waals surface area contributed by atoms with Crippen LogP contribution in [0.5, 0.6) is 0 Å². The molecule has 0 saturated carbocycles. The van der Waals surface area contributed by atoms with E-state index in [9.17, 15) is 4.79 Å². The molecule has 0 aliphatic carbocycles. The molecule has 0 aromatic heterocycles. The third kappa shape index (κ3) is 8.70. The highest BCUT2D eigenvalue weighted by molar-refractivity contribution is 5.68. The minimum Gasteiger partial charge on any atom is -0.444 e. The zero-order chi connectivity index (χ0) is 18.9. The molecular weight excluding hydrogens is 318 g/mol. The van der Waals surface area contributed by atoms with Crippen molar-refractivity contribution in [2.75, 3.05) is 6.61 Å². The largest absolute Gasteiger partial charge is 0.444 e. The number of rotatable bonds is 9. The molecule has 1 aromatic rings. The van der Waals surface area contributed by atoms with Gasteiger partial charge in [0, 0.05) is 6.61 Å². The zero-order valence-corrected chi connectivity index (χ0v) is 16.0. The van der Waals surface area contributed by atoms with Gasteiger partial charge in [0.1, 0.15) is 5.60 Å². The Morgan fingerprint density at radius 3 is 2.44 bits per heavy atom. The third-order valence-corrected chi connectivity index (χ3v) is 3.38. The van der Waals surface area contributed by atoms with Gasteiger partial charge in [-0.05, 0) is 46.6 Å². The van der Waals surface area contributed by atoms with Crippen molar-refractivity contribution in [3.05, 3.63) is 48.6 Å². The van der Waals surface area contributed by atoms with Crippen molar-refractivity contribution in [2.45, 2.75) is 65.1 Å². The van der Waals surface area contributed by atoms with E-state index in [0.717, 1.165) is 5.56 Å². The maximum atomic E-state index is 12.2. The number of nitrogens with one attached hydrogen (secondary N) is 1. The number of alkyl carbamates (subject to hydrolysis) is 1. The van der Waals surface area contributed by atoms with Gasteiger partial charge in [0.2, 0.25) is 0 Å². The summed E-state index contributed by atoms with van der Waals surface area (Å²) in [7, 11) is 0. The lowest BCUT2D eigenvalue weighted by Gasteiger charge is -2.29. The summed E-state index contributed by atoms with van der Waals surface area (Å²) in [6.45, 7) is 13.6. The first-order valence-corrected chi connectivity index (χ1v) is 8.68. The fraction of sp³-hybridized carbons (Fsp3) is 0.550. The lowest BCUT2D eigenvalue weighted by Crippen LogP contribution is -2.48. The van der Waals surface area contributed by atoms with Crippen molar-refractivity contribution in [1.29, 1.82) is 0 Å². The molecule has 140 valence electrons. The second-order valence-electron chi connectivity index (χ2n) is 6.80. The van der Waals surface area contributed by atoms with E-state index in [1.165, 1.54) is 0 Å². The number of carbonyl (C=O) groups excluding carboxylic acids is 1. The number of ether oxygens (including phenoxy) is 3. The molecule has 25 heavy (non-hydrogen) atoms. The monoisotopic (exact) mass is 349 g/mol. The Hall–Kier alpha value is -1.85. The molecule has 1 aromatic carbocycles. The molecular formula is C20H31NO4. The summed E-state index contributed by atoms with van der Waals surface area (Å²) < 4.78 is 16.7. The first kappa shape index (κ1) is 21.2. The van der Waals surface area contributed by atoms with Gasteiger partial charge in [0.15, 0.2) is 6.29 Å². The zero-order valence-electron chi connectivity index (χ0n) is 16.0. The maximum Gasteiger partial charge on any atom is 0.407 e. The van der Waals surface area contributed by atoms with Gasteiger partial charge in [-0.2, -0.15) is 0 Å². The molecule has 0 aliphatic rings. The van der Waals surface area contributed by atoms with Crippen LogP contribution in [0, 0.1) is 0 Å². The third-order valence-electron chi connectivity index (χ3n) is 3.38. The number of benzene rings is 1. The lowest BCUT2D eigenvalue weighted by atomic mass is 10.0. The van der Waals surface area contributed by atoms with E-state index < -0.39 is 24.1 Å². The average Bonchev–Trinajstić information content (AvgIpc) is 2.51. The smallest absolute Gasteiger partial charge is 0.407 e. The van der Waals surface area contributed by atoms with E-state index in [1.54, 1.807) is 6.08 Å². The Morgan fingerprint density at radius 1 is 1.28 bits per heavy atom. The molecule has 0 fully saturated rings. The Bertz CT molecular complexity index is 524. The Labute approximate surface area is 151 Å². The summed E-state index contributed by atoms with van der Waals surface area (Å²) in [5.41, 5.74) is 0.521. The fourth-order valence-electron chi connectivity index (χ4n) is 2.39. The van der Waals surface area contributed by atoms with Crippen LogP contribution in [-0.2, 0) is 20.6 Å². The van der Waals surface area contributed by atoms with Gasteiger partial charge >= 0.3 is 6.09 Å². The molecule has 0 heterocycles. The van der Waals surface area contributed by atoms with Crippen LogP contribution in [0.4, 0.5) is 4.79 Å². The highest BCUT2D eigenvalue weighted by Crippen LogP contribution is 2.14. The van der Waals surface area contributed by atoms with Gasteiger partial charge in [-0.25, -0.2) is 4.79 Å². The first-order valence-electron chi connectivity index (χ1n) is 8.68. The van der Waals surface area contributed by atoms with Crippen molar-refractivity contribution < 1.29 is 19.0 Å². The second kappa shape index (κ2) is 10.2. The Kier molecular flexibility index (Phi) is 8.66. The second-order valence-corrected chi connectivity index (χ2v) is 6.80. The summed E-state index contributed by atoms with van der Waals surface area (Å²) >= 11 is 0. The van der Waals surface area contributed by atoms with Gasteiger partial charge < -0.3 is 19.5 Å². The van der Waals surface area contributed by atoms with Gasteiger partial charge in [0.05, 0.1) is 12.1 Å². The molecule has 1 amide bonds. The Balaban J connectivity index is 2.88. The van der Waals surface area contributed by atoms with Gasteiger partial charge in [-0.3, -0.25) is 0 Å². The average molecular weight is 349 g/mol. The van der Waals surface area contributed by atoms with Crippen LogP contribution in [0.2, 0.25) is 0 Å². The van der Waals surface area contributed by atoms with Crippen LogP contribution in [-0.4, -0.2) is 36.7 Å². The van der Waals surface area contributed by atoms with Crippen LogP contribution < -0.4 is 5.32 Å². The van der Waals surface area contributed by atoms with E-state index in [1.807, 2.05) is 65.0 Å². The summed E-state index contributed by atoms with van der Waals surface area (Å²) in [5, 5.41) is 2.91. The highest BCUT2D eigenvalue weighted by atomic mass is 16.7. The molecule has 0 bridgehead atoms. The highest BCUT2D eigenvalue weighted by Gasteiger charge is 2.26. The summed E-state index contributed by atoms with van der Waals surface area (Å²) in [6.07, 6.45) is 0.991. The molecule has 0 aliphatic heterocycles. The Morgan fingerprint density at radius 2 is 1.92 bits per heavy atom. The van der Waals surface area contributed by atoms with Crippen molar-refractivity contribution >= 4 is 6.09 Å². The van der Waals surface area contributed by atoms with E-state index in [0.29, 0.717) is 13.0 Å². The number of amides is 1. The molecule has 1 N–H and O–H groups in total. The normalized spacial score (nSPS) is 15.1. The number of hydrogen-bond donors (Lipinski definition) is 1. The molecule has 0 radical (unpaired) electrons. The van der Waals surface area contributed by atoms with Crippen molar-refractivity contribution in [3.63, 3.8) is 0 Å². The molecule has 5 heteroatoms. The molecule has 3 atom stereocenters. The standard InChI is InChI=1S/C20H31NO4/c1-7-18(24-15(3)23-8-2)17(14-16-12-10-9-11-13-16)21-19(22)25-20(4,5)6/h7,9-13,15,17-18H,1,8,14H2,2-6H3,(H,21,22)/t15?,17-,18-/m1/s1. The van der Waals surface area contributed by atoms with Gasteiger partial charge in [-0.1, -0.05) is 36.4 Å². The summed E-state index contributed by atoms with van der Waals surface area (Å²) in [4.78, 5) is 12.2. The quantitative estimate of drug-likeness (QED) is 0.539. The van der Waals surface area contributed by atoms with E-state index in [2.05, 4.69) is 11.9 Å². The van der Waals surface area contributed by atoms with Crippen LogP contribution >= 0.6 is 0 Å². The predicted molar refractivity (Wildman–Crippen MR) is 99.5 cm³/mol. The topological polar surface area (TPSA) is 56.8 Å². The SMILES string of the molecule is C=C[C@@H](OC(C)OCC)[C@@H](Cc1ccccc1)NC(=O)OC(C)(C)C. The van der Waals surface area contributed by atoms with E-state index >= 15 is 0 Å². The van der Waals surface area contributed by atoms with Crippen LogP contribution in [0.25, 0.3) is 0 Å². The van der Waals surface area contributed by atoms with E-state index in [4.69, 9.17) is 14.2 Å². The van der Waals surface area contributed by atoms with Crippen molar-refractivity contribution in [2.24, 2.45) is 0 Å². The molecule has 5 nitrogen and oxygen atoms in total. The van der Waals surface area contributed by atoms with Crippen LogP contribution in [0.15, 0.2) is 43.0 Å². The fourth-order valence-corrected chi connectivity index (χ4v) is 2.39. The van der Waals surface area contributed by atoms with Crippen molar-refractivity contribution in [1.82, 2.24) is 5.32 Å². The minimum atomic E-state index is -0.565. The summed E-state index contributed by atoms with van der Waals surface area (Å²) in [6, 6.07) is 9.58. The number of hydrogen-bond acceptors (Lipinski definition) is 4. The molecule has 1 unspecified atom stereocenters. The molecule has 1 rings (SSSR count). The maximum absolute atomic E-state index is 12.2. The lowest BCUT2D eigenvalue weighted by molar-refractivity contribution is -0.151. The van der Waals surface area contributed by atoms with Crippen LogP contribution in [0.3, 0.4) is 0 Å². The molecule has 0 saturated heterocycles. The van der Waals surface area contributed by atoms with Crippen LogP contribution in [0.1, 0.15) is 40.2 Å². The van der Waals surface area contributed by atoms with Crippen molar-refractivity contribution in [3.8, 4) is 0 Å². The molecule has 0 spiro atoms. The van der Waals surface area contributed by atoms with E-state index in [-0.39, 0.29) is 6.04 Å². The summed E-state index contributed by atoms with van der Waals surface area (Å²) in [5.74, 6) is 0. The number of carbonyl (C=O) groups is 1. The van der Waals surface area contributed by atoms with Gasteiger partial charge in [0.25, 0.3) is 0 Å². The predicted octanol–water partition coefficient (Wildman–Crippen LogP) is 4.08. The van der Waals surface area contributed by atoms with Gasteiger partial charge in [-0.15, -0.1) is 6.58 Å².